The number of allylic oxidation sites excluding steroid dienone is 1. The third-order valence-electron chi connectivity index (χ3n) is 4.26. The number of ether oxygens (including phenoxy) is 2. The average molecular weight is 290 g/mol. The van der Waals surface area contributed by atoms with Gasteiger partial charge in [-0.2, -0.15) is 0 Å². The van der Waals surface area contributed by atoms with Crippen molar-refractivity contribution >= 4 is 28.1 Å². The summed E-state index contributed by atoms with van der Waals surface area (Å²) < 4.78 is 11.5. The number of para-hydroxylation sites is 1. The first-order valence-corrected chi connectivity index (χ1v) is 7.38. The molecule has 2 aromatic rings. The third kappa shape index (κ3) is 1.89. The lowest BCUT2D eigenvalue weighted by Crippen LogP contribution is -2.31. The van der Waals surface area contributed by atoms with Crippen LogP contribution in [0.1, 0.15) is 24.8 Å². The molecule has 1 aliphatic carbocycles. The van der Waals surface area contributed by atoms with E-state index in [9.17, 15) is 0 Å². The summed E-state index contributed by atoms with van der Waals surface area (Å²) >= 11 is 6.22. The van der Waals surface area contributed by atoms with Crippen molar-refractivity contribution in [2.75, 3.05) is 13.2 Å². The maximum atomic E-state index is 6.22. The van der Waals surface area contributed by atoms with E-state index in [-0.39, 0.29) is 5.79 Å². The standard InChI is InChI=1S/C16H16ClNO2/c17-14-3-1-2-12-13(10-18-15(12)14)11-4-6-16(7-5-11)19-8-9-20-16/h1-4,10,18H,5-9H2. The van der Waals surface area contributed by atoms with Crippen LogP contribution in [0.3, 0.4) is 0 Å². The van der Waals surface area contributed by atoms with Gasteiger partial charge in [-0.25, -0.2) is 0 Å². The maximum Gasteiger partial charge on any atom is 0.172 e. The summed E-state index contributed by atoms with van der Waals surface area (Å²) in [5, 5.41) is 1.96. The van der Waals surface area contributed by atoms with Gasteiger partial charge in [0.2, 0.25) is 0 Å². The van der Waals surface area contributed by atoms with Crippen molar-refractivity contribution < 1.29 is 9.47 Å². The Labute approximate surface area is 122 Å². The Hall–Kier alpha value is -1.29. The normalized spacial score (nSPS) is 21.6. The van der Waals surface area contributed by atoms with Gasteiger partial charge in [0, 0.05) is 30.0 Å². The molecule has 0 atom stereocenters. The number of nitrogens with one attached hydrogen (secondary N) is 1. The molecule has 0 saturated carbocycles. The van der Waals surface area contributed by atoms with Crippen LogP contribution in [0.4, 0.5) is 0 Å². The number of benzene rings is 1. The number of H-pyrrole nitrogens is 1. The number of aromatic amines is 1. The number of rotatable bonds is 1. The Balaban J connectivity index is 1.70. The van der Waals surface area contributed by atoms with E-state index < -0.39 is 0 Å². The number of fused-ring (bicyclic) bond motifs is 1. The molecular weight excluding hydrogens is 274 g/mol. The molecular formula is C16H16ClNO2. The molecule has 1 fully saturated rings. The predicted molar refractivity (Wildman–Crippen MR) is 79.8 cm³/mol. The van der Waals surface area contributed by atoms with Crippen LogP contribution in [0.5, 0.6) is 0 Å². The molecule has 1 aliphatic heterocycles. The third-order valence-corrected chi connectivity index (χ3v) is 4.57. The lowest BCUT2D eigenvalue weighted by atomic mass is 9.90. The van der Waals surface area contributed by atoms with Gasteiger partial charge in [0.05, 0.1) is 23.8 Å². The Kier molecular flexibility index (Phi) is 2.88. The molecule has 3 nitrogen and oxygen atoms in total. The van der Waals surface area contributed by atoms with E-state index in [4.69, 9.17) is 21.1 Å². The molecule has 20 heavy (non-hydrogen) atoms. The minimum atomic E-state index is -0.354. The minimum Gasteiger partial charge on any atom is -0.359 e. The van der Waals surface area contributed by atoms with Crippen LogP contribution in [0, 0.1) is 0 Å². The Morgan fingerprint density at radius 1 is 1.20 bits per heavy atom. The van der Waals surface area contributed by atoms with Crippen LogP contribution in [0.15, 0.2) is 30.5 Å². The number of hydrogen-bond acceptors (Lipinski definition) is 2. The van der Waals surface area contributed by atoms with Crippen LogP contribution in [0.2, 0.25) is 5.02 Å². The second-order valence-corrected chi connectivity index (χ2v) is 5.81. The first-order chi connectivity index (χ1) is 9.77. The van der Waals surface area contributed by atoms with E-state index >= 15 is 0 Å². The highest BCUT2D eigenvalue weighted by atomic mass is 35.5. The van der Waals surface area contributed by atoms with E-state index in [0.717, 1.165) is 29.8 Å². The van der Waals surface area contributed by atoms with Gasteiger partial charge in [0.15, 0.2) is 5.79 Å². The molecule has 2 aliphatic rings. The van der Waals surface area contributed by atoms with Crippen LogP contribution >= 0.6 is 11.6 Å². The van der Waals surface area contributed by atoms with Crippen molar-refractivity contribution in [3.05, 3.63) is 41.1 Å². The SMILES string of the molecule is Clc1cccc2c(C3=CCC4(CC3)OCCO4)c[nH]c12. The van der Waals surface area contributed by atoms with Gasteiger partial charge in [-0.1, -0.05) is 29.8 Å². The fourth-order valence-corrected chi connectivity index (χ4v) is 3.42. The van der Waals surface area contributed by atoms with Crippen LogP contribution in [0.25, 0.3) is 16.5 Å². The molecule has 1 spiro atoms. The second-order valence-electron chi connectivity index (χ2n) is 5.41. The van der Waals surface area contributed by atoms with E-state index in [1.165, 1.54) is 16.5 Å². The highest BCUT2D eigenvalue weighted by molar-refractivity contribution is 6.35. The first kappa shape index (κ1) is 12.5. The summed E-state index contributed by atoms with van der Waals surface area (Å²) in [6, 6.07) is 6.02. The highest BCUT2D eigenvalue weighted by Crippen LogP contribution is 2.40. The molecule has 4 rings (SSSR count). The summed E-state index contributed by atoms with van der Waals surface area (Å²) in [5.74, 6) is -0.354. The topological polar surface area (TPSA) is 34.2 Å². The van der Waals surface area contributed by atoms with E-state index in [1.807, 2.05) is 12.1 Å². The van der Waals surface area contributed by atoms with Crippen LogP contribution in [-0.4, -0.2) is 24.0 Å². The number of aromatic nitrogens is 1. The average Bonchev–Trinajstić information content (AvgIpc) is 3.09. The van der Waals surface area contributed by atoms with Crippen molar-refractivity contribution in [2.24, 2.45) is 0 Å². The van der Waals surface area contributed by atoms with Gasteiger partial charge in [0.1, 0.15) is 0 Å². The zero-order valence-electron chi connectivity index (χ0n) is 11.1. The molecule has 1 N–H and O–H groups in total. The molecule has 1 aromatic carbocycles. The molecule has 0 amide bonds. The fraction of sp³-hybridized carbons (Fsp3) is 0.375. The Morgan fingerprint density at radius 3 is 2.80 bits per heavy atom. The molecule has 1 saturated heterocycles. The molecule has 4 heteroatoms. The molecule has 1 aromatic heterocycles. The summed E-state index contributed by atoms with van der Waals surface area (Å²) in [6.07, 6.45) is 7.02. The lowest BCUT2D eigenvalue weighted by Gasteiger charge is -2.30. The fourth-order valence-electron chi connectivity index (χ4n) is 3.19. The van der Waals surface area contributed by atoms with Gasteiger partial charge < -0.3 is 14.5 Å². The molecule has 2 heterocycles. The Morgan fingerprint density at radius 2 is 2.05 bits per heavy atom. The van der Waals surface area contributed by atoms with Crippen molar-refractivity contribution in [3.8, 4) is 0 Å². The monoisotopic (exact) mass is 289 g/mol. The van der Waals surface area contributed by atoms with E-state index in [2.05, 4.69) is 23.3 Å². The van der Waals surface area contributed by atoms with Gasteiger partial charge in [0.25, 0.3) is 0 Å². The quantitative estimate of drug-likeness (QED) is 0.856. The van der Waals surface area contributed by atoms with Gasteiger partial charge in [-0.15, -0.1) is 0 Å². The summed E-state index contributed by atoms with van der Waals surface area (Å²) in [6.45, 7) is 1.43. The van der Waals surface area contributed by atoms with Crippen molar-refractivity contribution in [2.45, 2.75) is 25.0 Å². The van der Waals surface area contributed by atoms with Crippen LogP contribution in [-0.2, 0) is 9.47 Å². The predicted octanol–water partition coefficient (Wildman–Crippen LogP) is 4.13. The molecule has 0 unspecified atom stereocenters. The first-order valence-electron chi connectivity index (χ1n) is 7.00. The largest absolute Gasteiger partial charge is 0.359 e. The van der Waals surface area contributed by atoms with Crippen molar-refractivity contribution in [1.82, 2.24) is 4.98 Å². The Bertz CT molecular complexity index is 683. The van der Waals surface area contributed by atoms with Gasteiger partial charge in [-0.3, -0.25) is 0 Å². The van der Waals surface area contributed by atoms with Crippen molar-refractivity contribution in [1.29, 1.82) is 0 Å². The molecule has 0 bridgehead atoms. The van der Waals surface area contributed by atoms with E-state index in [0.29, 0.717) is 13.2 Å². The van der Waals surface area contributed by atoms with Gasteiger partial charge >= 0.3 is 0 Å². The van der Waals surface area contributed by atoms with Crippen LogP contribution < -0.4 is 0 Å². The lowest BCUT2D eigenvalue weighted by molar-refractivity contribution is -0.159. The minimum absolute atomic E-state index is 0.354. The number of halogens is 1. The smallest absolute Gasteiger partial charge is 0.172 e. The summed E-state index contributed by atoms with van der Waals surface area (Å²) in [7, 11) is 0. The van der Waals surface area contributed by atoms with E-state index in [1.54, 1.807) is 0 Å². The summed E-state index contributed by atoms with van der Waals surface area (Å²) in [4.78, 5) is 3.28. The maximum absolute atomic E-state index is 6.22. The molecule has 104 valence electrons. The summed E-state index contributed by atoms with van der Waals surface area (Å²) in [5.41, 5.74) is 3.61. The van der Waals surface area contributed by atoms with Crippen molar-refractivity contribution in [3.63, 3.8) is 0 Å². The second kappa shape index (κ2) is 4.62. The number of hydrogen-bond donors (Lipinski definition) is 1. The zero-order valence-corrected chi connectivity index (χ0v) is 11.9. The highest BCUT2D eigenvalue weighted by Gasteiger charge is 2.37. The zero-order chi connectivity index (χ0) is 13.6. The molecule has 0 radical (unpaired) electrons. The van der Waals surface area contributed by atoms with Gasteiger partial charge in [-0.05, 0) is 18.1 Å².